The molecule has 4 rings (SSSR count). The zero-order valence-electron chi connectivity index (χ0n) is 15.6. The smallest absolute Gasteiger partial charge is 0.341 e. The molecule has 0 bridgehead atoms. The molecule has 0 radical (unpaired) electrons. The summed E-state index contributed by atoms with van der Waals surface area (Å²) in [5.74, 6) is -1.09. The largest absolute Gasteiger partial charge is 0.455 e. The first-order valence-corrected chi connectivity index (χ1v) is 9.59. The summed E-state index contributed by atoms with van der Waals surface area (Å²) in [7, 11) is 0. The molecule has 0 spiro atoms. The van der Waals surface area contributed by atoms with E-state index in [1.54, 1.807) is 17.2 Å². The van der Waals surface area contributed by atoms with E-state index in [2.05, 4.69) is 14.9 Å². The van der Waals surface area contributed by atoms with Crippen molar-refractivity contribution in [2.45, 2.75) is 25.0 Å². The Morgan fingerprint density at radius 3 is 2.77 bits per heavy atom. The highest BCUT2D eigenvalue weighted by Crippen LogP contribution is 2.31. The fourth-order valence-corrected chi connectivity index (χ4v) is 3.66. The molecule has 0 N–H and O–H groups in total. The molecule has 30 heavy (non-hydrogen) atoms. The van der Waals surface area contributed by atoms with Crippen molar-refractivity contribution in [3.05, 3.63) is 64.0 Å². The van der Waals surface area contributed by atoms with Crippen LogP contribution >= 0.6 is 11.6 Å². The fourth-order valence-electron chi connectivity index (χ4n) is 3.51. The van der Waals surface area contributed by atoms with Gasteiger partial charge >= 0.3 is 11.9 Å². The van der Waals surface area contributed by atoms with Crippen LogP contribution in [0, 0.1) is 18.2 Å². The van der Waals surface area contributed by atoms with Crippen LogP contribution in [0.25, 0.3) is 4.85 Å². The molecule has 1 saturated heterocycles. The van der Waals surface area contributed by atoms with Gasteiger partial charge in [0.1, 0.15) is 17.7 Å². The average molecular weight is 432 g/mol. The molecule has 10 heteroatoms. The lowest BCUT2D eigenvalue weighted by Gasteiger charge is -2.27. The van der Waals surface area contributed by atoms with E-state index in [9.17, 15) is 13.6 Å². The van der Waals surface area contributed by atoms with Gasteiger partial charge in [-0.25, -0.2) is 18.6 Å². The Kier molecular flexibility index (Phi) is 5.50. The van der Waals surface area contributed by atoms with Gasteiger partial charge in [-0.1, -0.05) is 23.2 Å². The normalized spacial score (nSPS) is 20.5. The fraction of sp³-hybridized carbons (Fsp3) is 0.300. The van der Waals surface area contributed by atoms with Crippen LogP contribution < -0.4 is 4.74 Å². The maximum absolute atomic E-state index is 13.6. The summed E-state index contributed by atoms with van der Waals surface area (Å²) in [6.45, 7) is 7.80. The zero-order valence-corrected chi connectivity index (χ0v) is 16.4. The van der Waals surface area contributed by atoms with Crippen molar-refractivity contribution in [3.63, 3.8) is 0 Å². The molecule has 7 nitrogen and oxygen atoms in total. The molecule has 2 aliphatic rings. The average Bonchev–Trinajstić information content (AvgIpc) is 3.38. The molecule has 154 valence electrons. The molecular formula is C20H16ClF2N5O2. The van der Waals surface area contributed by atoms with Gasteiger partial charge in [0, 0.05) is 37.7 Å². The molecule has 0 aliphatic carbocycles. The predicted octanol–water partition coefficient (Wildman–Crippen LogP) is 4.57. The Morgan fingerprint density at radius 2 is 2.03 bits per heavy atom. The summed E-state index contributed by atoms with van der Waals surface area (Å²) in [5.41, 5.74) is 0.349. The topological polar surface area (TPSA) is 62.4 Å². The van der Waals surface area contributed by atoms with Gasteiger partial charge < -0.3 is 14.5 Å². The van der Waals surface area contributed by atoms with E-state index in [-0.39, 0.29) is 28.9 Å². The zero-order chi connectivity index (χ0) is 21.3. The van der Waals surface area contributed by atoms with E-state index in [4.69, 9.17) is 22.9 Å². The van der Waals surface area contributed by atoms with Crippen molar-refractivity contribution in [3.8, 4) is 5.88 Å². The summed E-state index contributed by atoms with van der Waals surface area (Å²) in [5, 5.41) is 5.60. The Hall–Kier alpha value is -3.25. The summed E-state index contributed by atoms with van der Waals surface area (Å²) >= 11 is 5.88. The summed E-state index contributed by atoms with van der Waals surface area (Å²) in [6.07, 6.45) is 2.19. The first kappa shape index (κ1) is 20.0. The number of hydrogen-bond acceptors (Lipinski definition) is 4. The van der Waals surface area contributed by atoms with Crippen LogP contribution in [0.3, 0.4) is 0 Å². The van der Waals surface area contributed by atoms with E-state index >= 15 is 0 Å². The van der Waals surface area contributed by atoms with E-state index < -0.39 is 17.7 Å². The summed E-state index contributed by atoms with van der Waals surface area (Å²) in [4.78, 5) is 21.8. The van der Waals surface area contributed by atoms with Crippen molar-refractivity contribution in [2.24, 2.45) is 5.10 Å². The third-order valence-corrected chi connectivity index (χ3v) is 5.20. The number of hydrogen-bond donors (Lipinski definition) is 0. The lowest BCUT2D eigenvalue weighted by atomic mass is 10.0. The number of carbonyl (C=O) groups is 1. The second-order valence-corrected chi connectivity index (χ2v) is 7.33. The van der Waals surface area contributed by atoms with Gasteiger partial charge in [-0.3, -0.25) is 0 Å². The van der Waals surface area contributed by atoms with Crippen molar-refractivity contribution >= 4 is 29.7 Å². The third-order valence-electron chi connectivity index (χ3n) is 4.91. The van der Waals surface area contributed by atoms with Gasteiger partial charge in [0.25, 0.3) is 5.82 Å². The molecule has 3 heterocycles. The highest BCUT2D eigenvalue weighted by molar-refractivity contribution is 6.33. The van der Waals surface area contributed by atoms with Crippen LogP contribution in [-0.2, 0) is 0 Å². The standard InChI is InChI=1S/C20H16ClF2N5O2/c1-24-19-16(21)2-3-18(26-19)30-15-5-7-27(11-15)20(29)28-17(4-6-25-28)12-8-13(22)10-14(23)9-12/h2-3,6,8-10,15,17H,4-5,7,11H2/t15-,17+/m1/s1. The van der Waals surface area contributed by atoms with Crippen molar-refractivity contribution < 1.29 is 18.3 Å². The molecular weight excluding hydrogens is 416 g/mol. The van der Waals surface area contributed by atoms with Crippen LogP contribution in [-0.4, -0.2) is 46.3 Å². The highest BCUT2D eigenvalue weighted by Gasteiger charge is 2.36. The van der Waals surface area contributed by atoms with E-state index in [0.29, 0.717) is 31.5 Å². The monoisotopic (exact) mass is 431 g/mol. The number of nitrogens with zero attached hydrogens (tertiary/aromatic N) is 5. The maximum Gasteiger partial charge on any atom is 0.341 e. The number of urea groups is 1. The van der Waals surface area contributed by atoms with Crippen LogP contribution in [0.2, 0.25) is 5.02 Å². The van der Waals surface area contributed by atoms with Crippen LogP contribution in [0.1, 0.15) is 24.4 Å². The van der Waals surface area contributed by atoms with Crippen molar-refractivity contribution in [1.82, 2.24) is 14.9 Å². The minimum atomic E-state index is -0.701. The number of ether oxygens (including phenoxy) is 1. The lowest BCUT2D eigenvalue weighted by molar-refractivity contribution is 0.141. The first-order chi connectivity index (χ1) is 14.4. The quantitative estimate of drug-likeness (QED) is 0.669. The Labute approximate surface area is 176 Å². The number of pyridine rings is 1. The molecule has 2 atom stereocenters. The molecule has 1 aromatic heterocycles. The Bertz CT molecular complexity index is 1040. The SMILES string of the molecule is [C-]#[N+]c1nc(O[C@@H]2CCN(C(=O)N3N=CC[C@H]3c3cc(F)cc(F)c3)C2)ccc1Cl. The van der Waals surface area contributed by atoms with Gasteiger partial charge in [0.2, 0.25) is 0 Å². The second kappa shape index (κ2) is 8.24. The van der Waals surface area contributed by atoms with Crippen LogP contribution in [0.4, 0.5) is 19.4 Å². The molecule has 2 amide bonds. The van der Waals surface area contributed by atoms with Gasteiger partial charge in [-0.2, -0.15) is 5.10 Å². The highest BCUT2D eigenvalue weighted by atomic mass is 35.5. The summed E-state index contributed by atoms with van der Waals surface area (Å²) in [6, 6.07) is 5.38. The third kappa shape index (κ3) is 4.04. The first-order valence-electron chi connectivity index (χ1n) is 9.22. The number of rotatable bonds is 3. The minimum Gasteiger partial charge on any atom is -0.455 e. The van der Waals surface area contributed by atoms with E-state index in [1.165, 1.54) is 23.2 Å². The number of aromatic nitrogens is 1. The Morgan fingerprint density at radius 1 is 1.27 bits per heavy atom. The summed E-state index contributed by atoms with van der Waals surface area (Å²) < 4.78 is 33.0. The minimum absolute atomic E-state index is 0.0525. The van der Waals surface area contributed by atoms with Gasteiger partial charge in [0.15, 0.2) is 0 Å². The number of carbonyl (C=O) groups excluding carboxylic acids is 1. The van der Waals surface area contributed by atoms with E-state index in [1.807, 2.05) is 0 Å². The Balaban J connectivity index is 1.43. The van der Waals surface area contributed by atoms with Crippen LogP contribution in [0.15, 0.2) is 35.4 Å². The maximum atomic E-state index is 13.6. The predicted molar refractivity (Wildman–Crippen MR) is 106 cm³/mol. The number of likely N-dealkylation sites (tertiary alicyclic amines) is 1. The molecule has 0 saturated carbocycles. The van der Waals surface area contributed by atoms with Gasteiger partial charge in [-0.05, 0) is 23.8 Å². The number of hydrazone groups is 1. The van der Waals surface area contributed by atoms with Crippen molar-refractivity contribution in [2.75, 3.05) is 13.1 Å². The number of halogens is 3. The van der Waals surface area contributed by atoms with Gasteiger partial charge in [0.05, 0.1) is 17.6 Å². The molecule has 1 aromatic carbocycles. The van der Waals surface area contributed by atoms with Crippen molar-refractivity contribution in [1.29, 1.82) is 0 Å². The second-order valence-electron chi connectivity index (χ2n) is 6.92. The van der Waals surface area contributed by atoms with Crippen LogP contribution in [0.5, 0.6) is 5.88 Å². The molecule has 0 unspecified atom stereocenters. The molecule has 2 aromatic rings. The molecule has 1 fully saturated rings. The number of amides is 2. The number of benzene rings is 1. The van der Waals surface area contributed by atoms with Gasteiger partial charge in [-0.15, -0.1) is 0 Å². The van der Waals surface area contributed by atoms with E-state index in [0.717, 1.165) is 6.07 Å². The molecule has 2 aliphatic heterocycles. The lowest BCUT2D eigenvalue weighted by Crippen LogP contribution is -2.40.